The highest BCUT2D eigenvalue weighted by Gasteiger charge is 2.37. The number of thioether (sulfide) groups is 1. The van der Waals surface area contributed by atoms with Gasteiger partial charge in [0.15, 0.2) is 15.0 Å². The standard InChI is InChI=1S/C5H10N2O3S2.ClH/c6-5(7)11-4-2-12(9,10)1-3(4)8;/h3-4,8H,1-2H2,(H3,6,7);1H. The van der Waals surface area contributed by atoms with Crippen LogP contribution in [0.3, 0.4) is 0 Å². The van der Waals surface area contributed by atoms with Crippen molar-refractivity contribution in [3.63, 3.8) is 0 Å². The van der Waals surface area contributed by atoms with Crippen LogP contribution in [0.4, 0.5) is 0 Å². The number of aliphatic hydroxyl groups is 1. The first-order chi connectivity index (χ1) is 5.41. The van der Waals surface area contributed by atoms with Gasteiger partial charge in [0.1, 0.15) is 0 Å². The van der Waals surface area contributed by atoms with Crippen LogP contribution in [0.15, 0.2) is 0 Å². The van der Waals surface area contributed by atoms with Gasteiger partial charge >= 0.3 is 0 Å². The Labute approximate surface area is 86.9 Å². The largest absolute Gasteiger partial charge is 0.391 e. The van der Waals surface area contributed by atoms with Crippen LogP contribution in [-0.4, -0.2) is 41.6 Å². The number of aliphatic hydroxyl groups excluding tert-OH is 1. The van der Waals surface area contributed by atoms with E-state index in [0.717, 1.165) is 11.8 Å². The molecule has 2 unspecified atom stereocenters. The monoisotopic (exact) mass is 246 g/mol. The molecule has 0 aromatic heterocycles. The molecule has 0 bridgehead atoms. The number of sulfone groups is 1. The Hall–Kier alpha value is 0.0200. The highest BCUT2D eigenvalue weighted by molar-refractivity contribution is 8.14. The van der Waals surface area contributed by atoms with E-state index in [1.165, 1.54) is 0 Å². The Morgan fingerprint density at radius 3 is 2.38 bits per heavy atom. The Balaban J connectivity index is 0.00000144. The molecule has 1 rings (SSSR count). The number of hydrogen-bond acceptors (Lipinski definition) is 5. The molecule has 13 heavy (non-hydrogen) atoms. The quantitative estimate of drug-likeness (QED) is 0.415. The molecular formula is C5H11ClN2O3S2. The van der Waals surface area contributed by atoms with Crippen LogP contribution < -0.4 is 5.73 Å². The summed E-state index contributed by atoms with van der Waals surface area (Å²) in [6.07, 6.45) is -0.885. The van der Waals surface area contributed by atoms with E-state index in [2.05, 4.69) is 0 Å². The molecule has 0 aliphatic carbocycles. The number of nitrogens with one attached hydrogen (secondary N) is 1. The molecule has 4 N–H and O–H groups in total. The van der Waals surface area contributed by atoms with Gasteiger partial charge in [-0.25, -0.2) is 8.42 Å². The third-order valence-electron chi connectivity index (χ3n) is 1.55. The van der Waals surface area contributed by atoms with E-state index in [0.29, 0.717) is 0 Å². The van der Waals surface area contributed by atoms with Gasteiger partial charge in [0.2, 0.25) is 0 Å². The first kappa shape index (κ1) is 13.0. The van der Waals surface area contributed by atoms with Gasteiger partial charge in [-0.3, -0.25) is 5.41 Å². The smallest absolute Gasteiger partial charge is 0.154 e. The van der Waals surface area contributed by atoms with Gasteiger partial charge in [-0.05, 0) is 0 Å². The maximum Gasteiger partial charge on any atom is 0.154 e. The topological polar surface area (TPSA) is 104 Å². The molecule has 1 fully saturated rings. The van der Waals surface area contributed by atoms with E-state index < -0.39 is 21.2 Å². The maximum atomic E-state index is 10.9. The molecule has 0 amide bonds. The Kier molecular flexibility index (Phi) is 4.50. The van der Waals surface area contributed by atoms with E-state index >= 15 is 0 Å². The molecule has 0 aromatic carbocycles. The molecule has 1 heterocycles. The molecule has 2 atom stereocenters. The second-order valence-corrected chi connectivity index (χ2v) is 6.10. The second-order valence-electron chi connectivity index (χ2n) is 2.66. The summed E-state index contributed by atoms with van der Waals surface area (Å²) in [5.41, 5.74) is 5.06. The highest BCUT2D eigenvalue weighted by atomic mass is 35.5. The van der Waals surface area contributed by atoms with Gasteiger partial charge in [0.25, 0.3) is 0 Å². The van der Waals surface area contributed by atoms with E-state index in [9.17, 15) is 13.5 Å². The fourth-order valence-electron chi connectivity index (χ4n) is 1.07. The van der Waals surface area contributed by atoms with Gasteiger partial charge in [-0.1, -0.05) is 11.8 Å². The van der Waals surface area contributed by atoms with Crippen molar-refractivity contribution in [2.24, 2.45) is 5.73 Å². The number of amidine groups is 1. The summed E-state index contributed by atoms with van der Waals surface area (Å²) in [6, 6.07) is 0. The van der Waals surface area contributed by atoms with Crippen LogP contribution in [0, 0.1) is 5.41 Å². The second kappa shape index (κ2) is 4.50. The van der Waals surface area contributed by atoms with E-state index in [1.807, 2.05) is 0 Å². The fraction of sp³-hybridized carbons (Fsp3) is 0.800. The average Bonchev–Trinajstić information content (AvgIpc) is 2.03. The molecule has 0 saturated carbocycles. The summed E-state index contributed by atoms with van der Waals surface area (Å²) >= 11 is 0.904. The molecule has 0 radical (unpaired) electrons. The lowest BCUT2D eigenvalue weighted by Gasteiger charge is -2.09. The lowest BCUT2D eigenvalue weighted by Crippen LogP contribution is -2.23. The zero-order chi connectivity index (χ0) is 9.35. The van der Waals surface area contributed by atoms with Crippen LogP contribution in [0.25, 0.3) is 0 Å². The third kappa shape index (κ3) is 3.72. The normalized spacial score (nSPS) is 30.8. The fourth-order valence-corrected chi connectivity index (χ4v) is 4.28. The predicted octanol–water partition coefficient (Wildman–Crippen LogP) is -0.807. The van der Waals surface area contributed by atoms with Crippen molar-refractivity contribution in [2.75, 3.05) is 11.5 Å². The summed E-state index contributed by atoms with van der Waals surface area (Å²) in [6.45, 7) is 0. The minimum absolute atomic E-state index is 0. The molecule has 8 heteroatoms. The average molecular weight is 247 g/mol. The van der Waals surface area contributed by atoms with Crippen molar-refractivity contribution in [1.29, 1.82) is 5.41 Å². The van der Waals surface area contributed by atoms with Crippen molar-refractivity contribution >= 4 is 39.2 Å². The van der Waals surface area contributed by atoms with Crippen molar-refractivity contribution in [3.8, 4) is 0 Å². The van der Waals surface area contributed by atoms with E-state index in [4.69, 9.17) is 11.1 Å². The summed E-state index contributed by atoms with van der Waals surface area (Å²) in [4.78, 5) is 0. The van der Waals surface area contributed by atoms with Gasteiger partial charge in [0, 0.05) is 0 Å². The SMILES string of the molecule is Cl.N=C(N)SC1CS(=O)(=O)CC1O. The van der Waals surface area contributed by atoms with Crippen molar-refractivity contribution in [3.05, 3.63) is 0 Å². The predicted molar refractivity (Wildman–Crippen MR) is 55.2 cm³/mol. The Morgan fingerprint density at radius 2 is 2.08 bits per heavy atom. The lowest BCUT2D eigenvalue weighted by atomic mass is 10.3. The molecular weight excluding hydrogens is 236 g/mol. The maximum absolute atomic E-state index is 10.9. The number of nitrogens with two attached hydrogens (primary N) is 1. The van der Waals surface area contributed by atoms with Crippen molar-refractivity contribution < 1.29 is 13.5 Å². The highest BCUT2D eigenvalue weighted by Crippen LogP contribution is 2.24. The molecule has 5 nitrogen and oxygen atoms in total. The summed E-state index contributed by atoms with van der Waals surface area (Å²) in [5, 5.41) is 15.5. The van der Waals surface area contributed by atoms with E-state index in [1.54, 1.807) is 0 Å². The summed E-state index contributed by atoms with van der Waals surface area (Å²) < 4.78 is 21.9. The Bertz CT molecular complexity index is 292. The van der Waals surface area contributed by atoms with Gasteiger partial charge in [0.05, 0.1) is 22.9 Å². The van der Waals surface area contributed by atoms with E-state index in [-0.39, 0.29) is 29.1 Å². The van der Waals surface area contributed by atoms with Gasteiger partial charge in [-0.15, -0.1) is 12.4 Å². The van der Waals surface area contributed by atoms with Crippen LogP contribution in [0.5, 0.6) is 0 Å². The molecule has 1 aliphatic heterocycles. The van der Waals surface area contributed by atoms with Crippen LogP contribution in [0.2, 0.25) is 0 Å². The number of hydrogen-bond donors (Lipinski definition) is 3. The van der Waals surface area contributed by atoms with Gasteiger partial charge < -0.3 is 10.8 Å². The minimum atomic E-state index is -3.11. The molecule has 1 aliphatic rings. The third-order valence-corrected chi connectivity index (χ3v) is 4.52. The number of halogens is 1. The molecule has 1 saturated heterocycles. The van der Waals surface area contributed by atoms with Crippen molar-refractivity contribution in [2.45, 2.75) is 11.4 Å². The first-order valence-corrected chi connectivity index (χ1v) is 6.00. The molecule has 0 aromatic rings. The minimum Gasteiger partial charge on any atom is -0.391 e. The zero-order valence-electron chi connectivity index (χ0n) is 6.63. The summed E-state index contributed by atoms with van der Waals surface area (Å²) in [7, 11) is -3.11. The van der Waals surface area contributed by atoms with Crippen LogP contribution in [0.1, 0.15) is 0 Å². The Morgan fingerprint density at radius 1 is 1.54 bits per heavy atom. The van der Waals surface area contributed by atoms with Crippen LogP contribution in [-0.2, 0) is 9.84 Å². The number of rotatable bonds is 1. The molecule has 78 valence electrons. The van der Waals surface area contributed by atoms with Crippen LogP contribution >= 0.6 is 24.2 Å². The van der Waals surface area contributed by atoms with Crippen molar-refractivity contribution in [1.82, 2.24) is 0 Å². The summed E-state index contributed by atoms with van der Waals surface area (Å²) in [5.74, 6) is -0.295. The lowest BCUT2D eigenvalue weighted by molar-refractivity contribution is 0.208. The molecule has 0 spiro atoms. The zero-order valence-corrected chi connectivity index (χ0v) is 9.08. The first-order valence-electron chi connectivity index (χ1n) is 3.30. The van der Waals surface area contributed by atoms with Gasteiger partial charge in [-0.2, -0.15) is 0 Å².